The van der Waals surface area contributed by atoms with Crippen LogP contribution < -0.4 is 4.74 Å². The number of benzene rings is 3. The fourth-order valence-electron chi connectivity index (χ4n) is 5.03. The van der Waals surface area contributed by atoms with Crippen molar-refractivity contribution in [2.75, 3.05) is 0 Å². The summed E-state index contributed by atoms with van der Waals surface area (Å²) in [6.07, 6.45) is 4.62. The molecule has 6 rings (SSSR count). The molecule has 0 bridgehead atoms. The molecule has 1 atom stereocenters. The lowest BCUT2D eigenvalue weighted by molar-refractivity contribution is 0.249. The summed E-state index contributed by atoms with van der Waals surface area (Å²) in [5.74, 6) is 0.166. The first-order valence-electron chi connectivity index (χ1n) is 12.4. The maximum absolute atomic E-state index is 12.1. The zero-order valence-electron chi connectivity index (χ0n) is 20.8. The van der Waals surface area contributed by atoms with Gasteiger partial charge in [-0.3, -0.25) is 0 Å². The number of nitrogens with zero attached hydrogens (tertiary/aromatic N) is 3. The molecule has 0 N–H and O–H groups in total. The second-order valence-electron chi connectivity index (χ2n) is 9.52. The standard InChI is InChI=1S/C30H25ClN3O3PS/c31-28-25(16-17-27(33-28)37-29(18-19-29)39(35,36)38)26-20-34(21-32-26)30(22-10-4-1-5-11-22,23-12-6-2-7-13-23)24-14-8-3-9-15-24/h1-17,20-21H,18-19,38H2. The Bertz CT molecular complexity index is 1630. The number of pyridine rings is 1. The highest BCUT2D eigenvalue weighted by atomic mass is 35.5. The highest BCUT2D eigenvalue weighted by Crippen LogP contribution is 2.48. The molecule has 2 aromatic heterocycles. The number of imidazole rings is 1. The third kappa shape index (κ3) is 4.55. The maximum Gasteiger partial charge on any atom is 0.216 e. The molecule has 1 saturated carbocycles. The average Bonchev–Trinajstić information content (AvgIpc) is 3.59. The van der Waals surface area contributed by atoms with Gasteiger partial charge in [-0.15, -0.1) is 0 Å². The second-order valence-corrected chi connectivity index (χ2v) is 13.6. The van der Waals surface area contributed by atoms with Crippen LogP contribution in [0.3, 0.4) is 0 Å². The summed E-state index contributed by atoms with van der Waals surface area (Å²) in [4.78, 5) is 7.86. The number of halogens is 1. The van der Waals surface area contributed by atoms with E-state index in [1.165, 1.54) is 0 Å². The number of rotatable bonds is 8. The molecule has 39 heavy (non-hydrogen) atoms. The van der Waals surface area contributed by atoms with E-state index in [9.17, 15) is 8.42 Å². The minimum absolute atomic E-state index is 0.166. The van der Waals surface area contributed by atoms with Crippen molar-refractivity contribution in [3.63, 3.8) is 0 Å². The van der Waals surface area contributed by atoms with Crippen LogP contribution in [-0.2, 0) is 15.0 Å². The highest BCUT2D eigenvalue weighted by molar-refractivity contribution is 8.38. The molecular weight excluding hydrogens is 549 g/mol. The van der Waals surface area contributed by atoms with Crippen molar-refractivity contribution in [1.29, 1.82) is 0 Å². The monoisotopic (exact) mass is 573 g/mol. The van der Waals surface area contributed by atoms with Gasteiger partial charge in [-0.25, -0.2) is 18.4 Å². The third-order valence-electron chi connectivity index (χ3n) is 7.11. The van der Waals surface area contributed by atoms with Gasteiger partial charge in [-0.1, -0.05) is 103 Å². The minimum Gasteiger partial charge on any atom is -0.454 e. The van der Waals surface area contributed by atoms with Crippen LogP contribution in [0.15, 0.2) is 116 Å². The van der Waals surface area contributed by atoms with Crippen molar-refractivity contribution in [1.82, 2.24) is 14.5 Å². The minimum atomic E-state index is -3.46. The molecule has 0 spiro atoms. The molecule has 0 radical (unpaired) electrons. The average molecular weight is 574 g/mol. The lowest BCUT2D eigenvalue weighted by atomic mass is 9.77. The largest absolute Gasteiger partial charge is 0.454 e. The van der Waals surface area contributed by atoms with Gasteiger partial charge in [0, 0.05) is 30.7 Å². The summed E-state index contributed by atoms with van der Waals surface area (Å²) < 4.78 is 32.1. The summed E-state index contributed by atoms with van der Waals surface area (Å²) in [6.45, 7) is 0. The quantitative estimate of drug-likeness (QED) is 0.120. The molecule has 1 fully saturated rings. The van der Waals surface area contributed by atoms with E-state index < -0.39 is 19.9 Å². The van der Waals surface area contributed by atoms with E-state index in [4.69, 9.17) is 21.3 Å². The zero-order chi connectivity index (χ0) is 27.1. The molecule has 196 valence electrons. The molecule has 5 aromatic rings. The summed E-state index contributed by atoms with van der Waals surface area (Å²) in [7, 11) is -1.59. The highest BCUT2D eigenvalue weighted by Gasteiger charge is 2.55. The SMILES string of the molecule is O=S(=O)(P)C1(Oc2ccc(-c3cn(C(c4ccccc4)(c4ccccc4)c4ccccc4)cn3)c(Cl)n2)CC1. The maximum atomic E-state index is 12.1. The predicted octanol–water partition coefficient (Wildman–Crippen LogP) is 6.51. The van der Waals surface area contributed by atoms with Gasteiger partial charge in [0.25, 0.3) is 0 Å². The zero-order valence-corrected chi connectivity index (χ0v) is 23.5. The Balaban J connectivity index is 1.47. The van der Waals surface area contributed by atoms with Crippen LogP contribution in [0.5, 0.6) is 5.88 Å². The van der Waals surface area contributed by atoms with E-state index >= 15 is 0 Å². The Kier molecular flexibility index (Phi) is 6.54. The van der Waals surface area contributed by atoms with Crippen molar-refractivity contribution in [3.8, 4) is 17.1 Å². The van der Waals surface area contributed by atoms with Crippen LogP contribution in [0.4, 0.5) is 0 Å². The first-order valence-corrected chi connectivity index (χ1v) is 15.8. The van der Waals surface area contributed by atoms with E-state index in [2.05, 4.69) is 45.9 Å². The Labute approximate surface area is 234 Å². The van der Waals surface area contributed by atoms with Crippen molar-refractivity contribution >= 4 is 29.5 Å². The van der Waals surface area contributed by atoms with E-state index in [-0.39, 0.29) is 11.0 Å². The Hall–Kier alpha value is -3.51. The molecular formula is C30H25ClN3O3PS. The van der Waals surface area contributed by atoms with E-state index in [0.29, 0.717) is 24.1 Å². The van der Waals surface area contributed by atoms with Crippen LogP contribution in [0, 0.1) is 0 Å². The molecule has 1 aliphatic carbocycles. The third-order valence-corrected chi connectivity index (χ3v) is 10.2. The second kappa shape index (κ2) is 9.91. The Morgan fingerprint density at radius 3 is 1.77 bits per heavy atom. The van der Waals surface area contributed by atoms with Gasteiger partial charge in [0.05, 0.1) is 12.0 Å². The van der Waals surface area contributed by atoms with Crippen molar-refractivity contribution in [2.24, 2.45) is 0 Å². The molecule has 0 saturated heterocycles. The first kappa shape index (κ1) is 25.8. The first-order chi connectivity index (χ1) is 18.8. The van der Waals surface area contributed by atoms with Gasteiger partial charge < -0.3 is 9.30 Å². The summed E-state index contributed by atoms with van der Waals surface area (Å²) in [6, 6.07) is 34.4. The smallest absolute Gasteiger partial charge is 0.216 e. The van der Waals surface area contributed by atoms with E-state index in [1.54, 1.807) is 12.1 Å². The van der Waals surface area contributed by atoms with Crippen LogP contribution in [0.2, 0.25) is 5.15 Å². The van der Waals surface area contributed by atoms with Crippen LogP contribution >= 0.6 is 20.0 Å². The van der Waals surface area contributed by atoms with Crippen molar-refractivity contribution < 1.29 is 13.2 Å². The Morgan fingerprint density at radius 1 is 0.821 bits per heavy atom. The number of aromatic nitrogens is 3. The Morgan fingerprint density at radius 2 is 1.33 bits per heavy atom. The van der Waals surface area contributed by atoms with Crippen molar-refractivity contribution in [3.05, 3.63) is 137 Å². The normalized spacial score (nSPS) is 14.6. The van der Waals surface area contributed by atoms with E-state index in [1.807, 2.05) is 75.6 Å². The molecule has 1 unspecified atom stereocenters. The molecule has 3 aromatic carbocycles. The van der Waals surface area contributed by atoms with Gasteiger partial charge in [-0.2, -0.15) is 0 Å². The molecule has 6 nitrogen and oxygen atoms in total. The van der Waals surface area contributed by atoms with Crippen LogP contribution in [0.1, 0.15) is 29.5 Å². The van der Waals surface area contributed by atoms with Gasteiger partial charge in [0.1, 0.15) is 10.7 Å². The number of ether oxygens (including phenoxy) is 1. The molecule has 0 amide bonds. The predicted molar refractivity (Wildman–Crippen MR) is 156 cm³/mol. The molecule has 2 heterocycles. The lowest BCUT2D eigenvalue weighted by Crippen LogP contribution is -2.36. The fourth-order valence-corrected chi connectivity index (χ4v) is 7.00. The van der Waals surface area contributed by atoms with Crippen LogP contribution in [0.25, 0.3) is 11.3 Å². The molecule has 0 aliphatic heterocycles. The van der Waals surface area contributed by atoms with Crippen LogP contribution in [-0.4, -0.2) is 27.9 Å². The lowest BCUT2D eigenvalue weighted by Gasteiger charge is -2.37. The van der Waals surface area contributed by atoms with Gasteiger partial charge in [0.15, 0.2) is 0 Å². The van der Waals surface area contributed by atoms with Crippen molar-refractivity contribution in [2.45, 2.75) is 23.3 Å². The fraction of sp³-hybridized carbons (Fsp3) is 0.133. The van der Waals surface area contributed by atoms with Gasteiger partial charge >= 0.3 is 0 Å². The van der Waals surface area contributed by atoms with Gasteiger partial charge in [0.2, 0.25) is 20.3 Å². The molecule has 1 aliphatic rings. The van der Waals surface area contributed by atoms with E-state index in [0.717, 1.165) is 16.7 Å². The van der Waals surface area contributed by atoms with Gasteiger partial charge in [-0.05, 0) is 31.2 Å². The summed E-state index contributed by atoms with van der Waals surface area (Å²) in [5, 5.41) is 0.180. The summed E-state index contributed by atoms with van der Waals surface area (Å²) >= 11 is 6.61. The topological polar surface area (TPSA) is 74.1 Å². The number of hydrogen-bond acceptors (Lipinski definition) is 5. The molecule has 9 heteroatoms. The summed E-state index contributed by atoms with van der Waals surface area (Å²) in [5.41, 5.74) is 3.77. The number of hydrogen-bond donors (Lipinski definition) is 0.